The van der Waals surface area contributed by atoms with Gasteiger partial charge in [-0.2, -0.15) is 0 Å². The summed E-state index contributed by atoms with van der Waals surface area (Å²) < 4.78 is 24.9. The molecule has 0 spiro atoms. The van der Waals surface area contributed by atoms with Gasteiger partial charge in [-0.05, 0) is 35.9 Å². The second-order valence-corrected chi connectivity index (χ2v) is 6.79. The van der Waals surface area contributed by atoms with Crippen molar-refractivity contribution in [2.24, 2.45) is 0 Å². The van der Waals surface area contributed by atoms with Gasteiger partial charge in [0.1, 0.15) is 0 Å². The molecule has 0 aliphatic rings. The number of benzene rings is 2. The van der Waals surface area contributed by atoms with Gasteiger partial charge in [-0.25, -0.2) is 8.42 Å². The Morgan fingerprint density at radius 2 is 1.81 bits per heavy atom. The molecule has 106 valence electrons. The Balaban J connectivity index is 1.99. The molecule has 1 aromatic heterocycles. The number of rotatable bonds is 3. The Morgan fingerprint density at radius 3 is 2.62 bits per heavy atom. The SMILES string of the molecule is Nc1ccccc1S(=O)(=O)Cc1ccc2ncccc2c1. The molecular weight excluding hydrogens is 284 g/mol. The molecule has 0 bridgehead atoms. The van der Waals surface area contributed by atoms with Crippen molar-refractivity contribution in [2.45, 2.75) is 10.6 Å². The lowest BCUT2D eigenvalue weighted by atomic mass is 10.1. The zero-order chi connectivity index (χ0) is 14.9. The van der Waals surface area contributed by atoms with Crippen LogP contribution in [0, 0.1) is 0 Å². The van der Waals surface area contributed by atoms with Crippen molar-refractivity contribution >= 4 is 26.4 Å². The number of nitrogen functional groups attached to an aromatic ring is 1. The smallest absolute Gasteiger partial charge is 0.184 e. The van der Waals surface area contributed by atoms with Crippen molar-refractivity contribution in [1.29, 1.82) is 0 Å². The van der Waals surface area contributed by atoms with E-state index in [1.807, 2.05) is 24.3 Å². The summed E-state index contributed by atoms with van der Waals surface area (Å²) in [6, 6.07) is 15.7. The Morgan fingerprint density at radius 1 is 1.00 bits per heavy atom. The molecule has 1 heterocycles. The van der Waals surface area contributed by atoms with E-state index in [9.17, 15) is 8.42 Å². The van der Waals surface area contributed by atoms with Crippen molar-refractivity contribution < 1.29 is 8.42 Å². The lowest BCUT2D eigenvalue weighted by Crippen LogP contribution is -2.07. The first kappa shape index (κ1) is 13.6. The average Bonchev–Trinajstić information content (AvgIpc) is 2.47. The molecular formula is C16H14N2O2S. The summed E-state index contributed by atoms with van der Waals surface area (Å²) in [6.45, 7) is 0. The zero-order valence-electron chi connectivity index (χ0n) is 11.2. The van der Waals surface area contributed by atoms with Crippen molar-refractivity contribution in [3.05, 3.63) is 66.4 Å². The van der Waals surface area contributed by atoms with E-state index in [0.717, 1.165) is 16.5 Å². The predicted octanol–water partition coefficient (Wildman–Crippen LogP) is 2.79. The van der Waals surface area contributed by atoms with Gasteiger partial charge in [0.05, 0.1) is 21.9 Å². The molecule has 0 saturated heterocycles. The van der Waals surface area contributed by atoms with Crippen LogP contribution in [0.25, 0.3) is 10.9 Å². The van der Waals surface area contributed by atoms with Crippen LogP contribution in [0.15, 0.2) is 65.7 Å². The van der Waals surface area contributed by atoms with Crippen LogP contribution in [0.3, 0.4) is 0 Å². The summed E-state index contributed by atoms with van der Waals surface area (Å²) in [7, 11) is -3.46. The summed E-state index contributed by atoms with van der Waals surface area (Å²) in [5.41, 5.74) is 7.61. The minimum Gasteiger partial charge on any atom is -0.398 e. The molecule has 3 rings (SSSR count). The summed E-state index contributed by atoms with van der Waals surface area (Å²) in [5, 5.41) is 0.922. The molecule has 0 fully saturated rings. The lowest BCUT2D eigenvalue weighted by molar-refractivity contribution is 0.595. The molecule has 2 aromatic carbocycles. The maximum absolute atomic E-state index is 12.5. The maximum atomic E-state index is 12.5. The van der Waals surface area contributed by atoms with Gasteiger partial charge in [-0.1, -0.05) is 24.3 Å². The van der Waals surface area contributed by atoms with Crippen LogP contribution in [0.1, 0.15) is 5.56 Å². The van der Waals surface area contributed by atoms with Gasteiger partial charge >= 0.3 is 0 Å². The number of aromatic nitrogens is 1. The van der Waals surface area contributed by atoms with E-state index in [-0.39, 0.29) is 16.3 Å². The Labute approximate surface area is 123 Å². The number of hydrogen-bond acceptors (Lipinski definition) is 4. The number of nitrogens with two attached hydrogens (primary N) is 1. The highest BCUT2D eigenvalue weighted by Crippen LogP contribution is 2.23. The number of pyridine rings is 1. The van der Waals surface area contributed by atoms with Gasteiger partial charge < -0.3 is 5.73 Å². The van der Waals surface area contributed by atoms with E-state index < -0.39 is 9.84 Å². The van der Waals surface area contributed by atoms with E-state index in [1.165, 1.54) is 6.07 Å². The van der Waals surface area contributed by atoms with Gasteiger partial charge in [0.2, 0.25) is 0 Å². The zero-order valence-corrected chi connectivity index (χ0v) is 12.0. The lowest BCUT2D eigenvalue weighted by Gasteiger charge is -2.08. The maximum Gasteiger partial charge on any atom is 0.184 e. The topological polar surface area (TPSA) is 73.1 Å². The molecule has 0 atom stereocenters. The fourth-order valence-electron chi connectivity index (χ4n) is 2.28. The van der Waals surface area contributed by atoms with Crippen LogP contribution in [0.4, 0.5) is 5.69 Å². The Hall–Kier alpha value is -2.40. The fraction of sp³-hybridized carbons (Fsp3) is 0.0625. The van der Waals surface area contributed by atoms with Gasteiger partial charge in [0.15, 0.2) is 9.84 Å². The predicted molar refractivity (Wildman–Crippen MR) is 83.5 cm³/mol. The largest absolute Gasteiger partial charge is 0.398 e. The number of sulfone groups is 1. The second kappa shape index (κ2) is 5.18. The summed E-state index contributed by atoms with van der Waals surface area (Å²) >= 11 is 0. The highest BCUT2D eigenvalue weighted by atomic mass is 32.2. The number of nitrogens with zero attached hydrogens (tertiary/aromatic N) is 1. The first-order chi connectivity index (χ1) is 10.1. The highest BCUT2D eigenvalue weighted by molar-refractivity contribution is 7.90. The summed E-state index contributed by atoms with van der Waals surface area (Å²) in [5.74, 6) is -0.0773. The normalized spacial score (nSPS) is 11.6. The molecule has 0 amide bonds. The van der Waals surface area contributed by atoms with E-state index >= 15 is 0 Å². The first-order valence-corrected chi connectivity index (χ1v) is 8.12. The standard InChI is InChI=1S/C16H14N2O2S/c17-14-5-1-2-6-16(14)21(19,20)11-12-7-8-15-13(10-12)4-3-9-18-15/h1-10H,11,17H2. The molecule has 0 unspecified atom stereocenters. The number of anilines is 1. The monoisotopic (exact) mass is 298 g/mol. The second-order valence-electron chi connectivity index (χ2n) is 4.83. The molecule has 21 heavy (non-hydrogen) atoms. The quantitative estimate of drug-likeness (QED) is 0.755. The van der Waals surface area contributed by atoms with E-state index in [0.29, 0.717) is 0 Å². The van der Waals surface area contributed by atoms with Crippen LogP contribution < -0.4 is 5.73 Å². The molecule has 5 heteroatoms. The van der Waals surface area contributed by atoms with Gasteiger partial charge in [-0.15, -0.1) is 0 Å². The highest BCUT2D eigenvalue weighted by Gasteiger charge is 2.18. The number of para-hydroxylation sites is 1. The van der Waals surface area contributed by atoms with Gasteiger partial charge in [-0.3, -0.25) is 4.98 Å². The molecule has 0 radical (unpaired) electrons. The molecule has 2 N–H and O–H groups in total. The van der Waals surface area contributed by atoms with Crippen LogP contribution in [0.2, 0.25) is 0 Å². The van der Waals surface area contributed by atoms with Crippen molar-refractivity contribution in [2.75, 3.05) is 5.73 Å². The summed E-state index contributed by atoms with van der Waals surface area (Å²) in [4.78, 5) is 4.40. The fourth-order valence-corrected chi connectivity index (χ4v) is 3.76. The minimum atomic E-state index is -3.46. The van der Waals surface area contributed by atoms with Crippen molar-refractivity contribution in [3.63, 3.8) is 0 Å². The van der Waals surface area contributed by atoms with E-state index in [2.05, 4.69) is 4.98 Å². The molecule has 0 aliphatic carbocycles. The molecule has 0 saturated carbocycles. The molecule has 4 nitrogen and oxygen atoms in total. The Kier molecular flexibility index (Phi) is 3.35. The third-order valence-electron chi connectivity index (χ3n) is 3.28. The molecule has 0 aliphatic heterocycles. The van der Waals surface area contributed by atoms with Crippen LogP contribution in [-0.4, -0.2) is 13.4 Å². The average molecular weight is 298 g/mol. The third kappa shape index (κ3) is 2.73. The van der Waals surface area contributed by atoms with Crippen molar-refractivity contribution in [1.82, 2.24) is 4.98 Å². The van der Waals surface area contributed by atoms with Gasteiger partial charge in [0.25, 0.3) is 0 Å². The van der Waals surface area contributed by atoms with Crippen LogP contribution in [-0.2, 0) is 15.6 Å². The van der Waals surface area contributed by atoms with E-state index in [4.69, 9.17) is 5.73 Å². The Bertz CT molecular complexity index is 905. The number of fused-ring (bicyclic) bond motifs is 1. The third-order valence-corrected chi connectivity index (χ3v) is 5.03. The van der Waals surface area contributed by atoms with Crippen LogP contribution in [0.5, 0.6) is 0 Å². The minimum absolute atomic E-state index is 0.0773. The van der Waals surface area contributed by atoms with E-state index in [1.54, 1.807) is 30.5 Å². The van der Waals surface area contributed by atoms with Gasteiger partial charge in [0, 0.05) is 11.6 Å². The van der Waals surface area contributed by atoms with Crippen molar-refractivity contribution in [3.8, 4) is 0 Å². The van der Waals surface area contributed by atoms with Crippen LogP contribution >= 0.6 is 0 Å². The first-order valence-electron chi connectivity index (χ1n) is 6.47. The summed E-state index contributed by atoms with van der Waals surface area (Å²) in [6.07, 6.45) is 1.71. The number of hydrogen-bond donors (Lipinski definition) is 1. The molecule has 3 aromatic rings.